The Bertz CT molecular complexity index is 1250. The maximum absolute atomic E-state index is 13.2. The monoisotopic (exact) mass is 476 g/mol. The van der Waals surface area contributed by atoms with Crippen molar-refractivity contribution in [2.45, 2.75) is 30.6 Å². The van der Waals surface area contributed by atoms with Gasteiger partial charge in [0.1, 0.15) is 0 Å². The number of primary amides is 1. The van der Waals surface area contributed by atoms with Crippen LogP contribution in [0.1, 0.15) is 30.5 Å². The van der Waals surface area contributed by atoms with Crippen molar-refractivity contribution >= 4 is 15.8 Å². The Morgan fingerprint density at radius 2 is 2.03 bits per heavy atom. The first-order valence-electron chi connectivity index (χ1n) is 10.1. The highest BCUT2D eigenvalue weighted by Gasteiger charge is 2.52. The van der Waals surface area contributed by atoms with Gasteiger partial charge in [0.25, 0.3) is 5.89 Å². The molecular weight excluding hydrogens is 454 g/mol. The smallest absolute Gasteiger partial charge is 0.315 e. The van der Waals surface area contributed by atoms with Gasteiger partial charge in [0.15, 0.2) is 0 Å². The second-order valence-corrected chi connectivity index (χ2v) is 10.4. The average molecular weight is 477 g/mol. The molecule has 1 aliphatic rings. The van der Waals surface area contributed by atoms with Crippen LogP contribution in [0.4, 0.5) is 13.6 Å². The largest absolute Gasteiger partial charge is 0.415 e. The van der Waals surface area contributed by atoms with E-state index in [4.69, 9.17) is 14.9 Å². The molecule has 3 aromatic rings. The Hall–Kier alpha value is -3.41. The minimum absolute atomic E-state index is 0.0295. The van der Waals surface area contributed by atoms with Gasteiger partial charge < -0.3 is 15.1 Å². The van der Waals surface area contributed by atoms with Crippen LogP contribution < -0.4 is 5.73 Å². The number of nitrogens with two attached hydrogens (primary N) is 1. The third-order valence-electron chi connectivity index (χ3n) is 6.03. The van der Waals surface area contributed by atoms with Gasteiger partial charge in [0.2, 0.25) is 5.89 Å². The van der Waals surface area contributed by atoms with Crippen molar-refractivity contribution in [1.82, 2.24) is 20.1 Å². The highest BCUT2D eigenvalue weighted by molar-refractivity contribution is 7.93. The van der Waals surface area contributed by atoms with Crippen LogP contribution in [0, 0.1) is 4.78 Å². The lowest BCUT2D eigenvalue weighted by atomic mass is 9.80. The topological polar surface area (TPSA) is 139 Å². The molecule has 12 heteroatoms. The summed E-state index contributed by atoms with van der Waals surface area (Å²) in [5, 5.41) is 6.18. The van der Waals surface area contributed by atoms with Crippen molar-refractivity contribution in [3.63, 3.8) is 0 Å². The maximum atomic E-state index is 13.2. The zero-order chi connectivity index (χ0) is 23.8. The molecule has 1 aliphatic heterocycles. The fourth-order valence-corrected chi connectivity index (χ4v) is 6.06. The predicted octanol–water partition coefficient (Wildman–Crippen LogP) is 3.34. The van der Waals surface area contributed by atoms with E-state index in [1.165, 1.54) is 11.1 Å². The molecule has 2 aromatic heterocycles. The Kier molecular flexibility index (Phi) is 5.87. The lowest BCUT2D eigenvalue weighted by Gasteiger charge is -2.51. The van der Waals surface area contributed by atoms with Crippen molar-refractivity contribution in [1.29, 1.82) is 4.78 Å². The number of pyridine rings is 1. The number of nitrogens with one attached hydrogen (secondary N) is 1. The molecule has 3 heterocycles. The number of carbonyl (C=O) groups excluding carboxylic acids is 1. The van der Waals surface area contributed by atoms with Gasteiger partial charge in [0.05, 0.1) is 26.1 Å². The summed E-state index contributed by atoms with van der Waals surface area (Å²) in [4.78, 5) is 18.3. The van der Waals surface area contributed by atoms with E-state index in [-0.39, 0.29) is 24.6 Å². The fraction of sp³-hybridized carbons (Fsp3) is 0.333. The van der Waals surface area contributed by atoms with E-state index in [9.17, 15) is 17.8 Å². The number of rotatable bonds is 5. The first-order valence-corrected chi connectivity index (χ1v) is 11.9. The molecule has 0 aliphatic carbocycles. The van der Waals surface area contributed by atoms with Crippen LogP contribution >= 0.6 is 0 Å². The third kappa shape index (κ3) is 4.06. The molecule has 4 rings (SSSR count). The molecule has 1 fully saturated rings. The molecule has 0 spiro atoms. The van der Waals surface area contributed by atoms with Gasteiger partial charge in [-0.25, -0.2) is 9.00 Å². The van der Waals surface area contributed by atoms with Gasteiger partial charge in [-0.1, -0.05) is 30.3 Å². The summed E-state index contributed by atoms with van der Waals surface area (Å²) in [6, 6.07) is 11.6. The zero-order valence-corrected chi connectivity index (χ0v) is 18.5. The standard InChI is InChI=1S/C21H22F2N6O3S/c1-13-21(15-5-3-2-4-6-15,29(20(24)30)9-10-33(13,25)31)11-16-8-7-14(12-26-16)18-27-28-19(32-18)17(22)23/h2-8,12-13,17,25H,9-11H2,1H3,(H2,24,30). The molecular formula is C21H22F2N6O3S. The number of aromatic nitrogens is 3. The summed E-state index contributed by atoms with van der Waals surface area (Å²) in [5.41, 5.74) is 6.14. The van der Waals surface area contributed by atoms with Crippen molar-refractivity contribution in [2.24, 2.45) is 5.73 Å². The third-order valence-corrected chi connectivity index (χ3v) is 8.35. The molecule has 0 bridgehead atoms. The second-order valence-electron chi connectivity index (χ2n) is 7.81. The molecule has 3 atom stereocenters. The zero-order valence-electron chi connectivity index (χ0n) is 17.6. The summed E-state index contributed by atoms with van der Waals surface area (Å²) >= 11 is 0. The quantitative estimate of drug-likeness (QED) is 0.579. The number of carbonyl (C=O) groups is 1. The Labute approximate surface area is 189 Å². The maximum Gasteiger partial charge on any atom is 0.315 e. The number of hydrogen-bond acceptors (Lipinski definition) is 7. The average Bonchev–Trinajstić information content (AvgIpc) is 3.29. The van der Waals surface area contributed by atoms with Crippen LogP contribution in [-0.4, -0.2) is 47.9 Å². The van der Waals surface area contributed by atoms with Crippen molar-refractivity contribution < 1.29 is 22.2 Å². The summed E-state index contributed by atoms with van der Waals surface area (Å²) in [7, 11) is -3.04. The Morgan fingerprint density at radius 3 is 2.61 bits per heavy atom. The van der Waals surface area contributed by atoms with E-state index in [1.807, 2.05) is 18.2 Å². The van der Waals surface area contributed by atoms with Crippen molar-refractivity contribution in [3.8, 4) is 11.5 Å². The van der Waals surface area contributed by atoms with Gasteiger partial charge >= 0.3 is 12.5 Å². The van der Waals surface area contributed by atoms with E-state index < -0.39 is 38.9 Å². The van der Waals surface area contributed by atoms with Crippen LogP contribution in [0.3, 0.4) is 0 Å². The first-order chi connectivity index (χ1) is 15.6. The molecule has 1 saturated heterocycles. The lowest BCUT2D eigenvalue weighted by molar-refractivity contribution is 0.112. The van der Waals surface area contributed by atoms with E-state index in [2.05, 4.69) is 15.2 Å². The van der Waals surface area contributed by atoms with Crippen LogP contribution in [-0.2, 0) is 21.7 Å². The molecule has 1 aromatic carbocycles. The first kappa shape index (κ1) is 22.8. The highest BCUT2D eigenvalue weighted by atomic mass is 32.2. The van der Waals surface area contributed by atoms with Gasteiger partial charge in [-0.05, 0) is 24.6 Å². The van der Waals surface area contributed by atoms with Crippen LogP contribution in [0.5, 0.6) is 0 Å². The predicted molar refractivity (Wildman–Crippen MR) is 116 cm³/mol. The molecule has 2 amide bonds. The van der Waals surface area contributed by atoms with Crippen LogP contribution in [0.2, 0.25) is 0 Å². The summed E-state index contributed by atoms with van der Waals surface area (Å²) < 4.78 is 52.0. The van der Waals surface area contributed by atoms with Gasteiger partial charge in [-0.15, -0.1) is 10.2 Å². The molecule has 3 N–H and O–H groups in total. The van der Waals surface area contributed by atoms with E-state index >= 15 is 0 Å². The number of amides is 2. The van der Waals surface area contributed by atoms with E-state index in [0.717, 1.165) is 0 Å². The van der Waals surface area contributed by atoms with Crippen molar-refractivity contribution in [3.05, 3.63) is 65.8 Å². The van der Waals surface area contributed by atoms with Crippen LogP contribution in [0.25, 0.3) is 11.5 Å². The normalized spacial score (nSPS) is 25.3. The Balaban J connectivity index is 1.77. The number of hydrogen-bond donors (Lipinski definition) is 2. The molecule has 3 unspecified atom stereocenters. The van der Waals surface area contributed by atoms with E-state index in [1.54, 1.807) is 31.2 Å². The van der Waals surface area contributed by atoms with Gasteiger partial charge in [-0.2, -0.15) is 8.78 Å². The minimum Gasteiger partial charge on any atom is -0.415 e. The minimum atomic E-state index is -3.04. The summed E-state index contributed by atoms with van der Waals surface area (Å²) in [5.74, 6) is -0.849. The summed E-state index contributed by atoms with van der Waals surface area (Å²) in [6.45, 7) is 1.77. The van der Waals surface area contributed by atoms with Crippen molar-refractivity contribution in [2.75, 3.05) is 12.3 Å². The fourth-order valence-electron chi connectivity index (χ4n) is 4.27. The molecule has 0 saturated carbocycles. The SMILES string of the molecule is CC1C(Cc2ccc(-c3nnc(C(F)F)o3)cn2)(c2ccccc2)N(C(N)=O)CCS1(=N)=O. The number of benzene rings is 1. The number of alkyl halides is 2. The number of urea groups is 1. The number of halogens is 2. The van der Waals surface area contributed by atoms with E-state index in [0.29, 0.717) is 16.8 Å². The second kappa shape index (κ2) is 8.50. The number of nitrogens with zero attached hydrogens (tertiary/aromatic N) is 4. The van der Waals surface area contributed by atoms with Crippen LogP contribution in [0.15, 0.2) is 53.1 Å². The molecule has 33 heavy (non-hydrogen) atoms. The van der Waals surface area contributed by atoms with Gasteiger partial charge in [0, 0.05) is 30.6 Å². The molecule has 174 valence electrons. The highest BCUT2D eigenvalue weighted by Crippen LogP contribution is 2.42. The molecule has 9 nitrogen and oxygen atoms in total. The lowest BCUT2D eigenvalue weighted by Crippen LogP contribution is -2.65. The van der Waals surface area contributed by atoms with Gasteiger partial charge in [-0.3, -0.25) is 9.76 Å². The molecule has 0 radical (unpaired) electrons. The Morgan fingerprint density at radius 1 is 1.30 bits per heavy atom. The summed E-state index contributed by atoms with van der Waals surface area (Å²) in [6.07, 6.45) is -1.34.